The van der Waals surface area contributed by atoms with Gasteiger partial charge in [0.1, 0.15) is 0 Å². The maximum absolute atomic E-state index is 6.00. The van der Waals surface area contributed by atoms with Crippen LogP contribution in [0.5, 0.6) is 0 Å². The van der Waals surface area contributed by atoms with Gasteiger partial charge in [0.15, 0.2) is 0 Å². The van der Waals surface area contributed by atoms with Gasteiger partial charge in [-0.05, 0) is 31.2 Å². The molecule has 16 heavy (non-hydrogen) atoms. The van der Waals surface area contributed by atoms with Gasteiger partial charge < -0.3 is 5.32 Å². The molecular weight excluding hydrogens is 218 g/mol. The Morgan fingerprint density at radius 2 is 2.06 bits per heavy atom. The third kappa shape index (κ3) is 4.54. The third-order valence-corrected chi connectivity index (χ3v) is 3.18. The molecule has 90 valence electrons. The van der Waals surface area contributed by atoms with Crippen molar-refractivity contribution in [3.05, 3.63) is 34.9 Å². The fourth-order valence-electron chi connectivity index (χ4n) is 1.98. The van der Waals surface area contributed by atoms with Crippen LogP contribution in [-0.2, 0) is 0 Å². The monoisotopic (exact) mass is 239 g/mol. The van der Waals surface area contributed by atoms with Gasteiger partial charge in [-0.1, -0.05) is 56.3 Å². The van der Waals surface area contributed by atoms with Gasteiger partial charge in [0.25, 0.3) is 0 Å². The summed E-state index contributed by atoms with van der Waals surface area (Å²) in [6.45, 7) is 2.24. The molecule has 1 nitrogen and oxygen atoms in total. The highest BCUT2D eigenvalue weighted by atomic mass is 35.5. The minimum absolute atomic E-state index is 0.440. The summed E-state index contributed by atoms with van der Waals surface area (Å²) < 4.78 is 0. The van der Waals surface area contributed by atoms with E-state index in [9.17, 15) is 0 Å². The highest BCUT2D eigenvalue weighted by molar-refractivity contribution is 6.30. The van der Waals surface area contributed by atoms with Gasteiger partial charge in [0.05, 0.1) is 0 Å². The number of halogens is 1. The fraction of sp³-hybridized carbons (Fsp3) is 0.571. The third-order valence-electron chi connectivity index (χ3n) is 2.95. The van der Waals surface area contributed by atoms with E-state index in [1.54, 1.807) is 0 Å². The van der Waals surface area contributed by atoms with E-state index >= 15 is 0 Å². The molecule has 0 radical (unpaired) electrons. The van der Waals surface area contributed by atoms with Gasteiger partial charge >= 0.3 is 0 Å². The van der Waals surface area contributed by atoms with Gasteiger partial charge in [-0.2, -0.15) is 0 Å². The number of hydrogen-bond acceptors (Lipinski definition) is 1. The van der Waals surface area contributed by atoms with E-state index in [0.717, 1.165) is 5.02 Å². The molecule has 0 saturated carbocycles. The lowest BCUT2D eigenvalue weighted by Gasteiger charge is -2.16. The predicted molar refractivity (Wildman–Crippen MR) is 72.0 cm³/mol. The van der Waals surface area contributed by atoms with Gasteiger partial charge in [-0.25, -0.2) is 0 Å². The average Bonchev–Trinajstić information content (AvgIpc) is 2.29. The maximum Gasteiger partial charge on any atom is 0.0409 e. The van der Waals surface area contributed by atoms with Crippen LogP contribution in [0.15, 0.2) is 24.3 Å². The lowest BCUT2D eigenvalue weighted by Crippen LogP contribution is -2.16. The first-order chi connectivity index (χ1) is 7.77. The van der Waals surface area contributed by atoms with Crippen molar-refractivity contribution in [1.29, 1.82) is 0 Å². The number of unbranched alkanes of at least 4 members (excludes halogenated alkanes) is 3. The molecule has 0 fully saturated rings. The Balaban J connectivity index is 2.47. The topological polar surface area (TPSA) is 12.0 Å². The lowest BCUT2D eigenvalue weighted by molar-refractivity contribution is 0.505. The van der Waals surface area contributed by atoms with Crippen molar-refractivity contribution in [3.8, 4) is 0 Å². The van der Waals surface area contributed by atoms with Crippen molar-refractivity contribution in [3.63, 3.8) is 0 Å². The quantitative estimate of drug-likeness (QED) is 0.688. The first kappa shape index (κ1) is 13.5. The second-order valence-electron chi connectivity index (χ2n) is 4.25. The van der Waals surface area contributed by atoms with Crippen LogP contribution in [0.2, 0.25) is 5.02 Å². The van der Waals surface area contributed by atoms with E-state index in [1.165, 1.54) is 37.7 Å². The Bertz CT molecular complexity index is 299. The minimum Gasteiger partial charge on any atom is -0.313 e. The molecule has 1 aromatic rings. The summed E-state index contributed by atoms with van der Waals surface area (Å²) in [4.78, 5) is 0. The van der Waals surface area contributed by atoms with E-state index in [1.807, 2.05) is 19.2 Å². The second kappa shape index (κ2) is 7.70. The summed E-state index contributed by atoms with van der Waals surface area (Å²) >= 11 is 6.00. The first-order valence-corrected chi connectivity index (χ1v) is 6.58. The van der Waals surface area contributed by atoms with Crippen LogP contribution >= 0.6 is 11.6 Å². The molecule has 1 N–H and O–H groups in total. The van der Waals surface area contributed by atoms with E-state index in [0.29, 0.717) is 6.04 Å². The summed E-state index contributed by atoms with van der Waals surface area (Å²) in [5, 5.41) is 4.19. The molecule has 1 aromatic carbocycles. The fourth-order valence-corrected chi connectivity index (χ4v) is 2.17. The number of rotatable bonds is 7. The van der Waals surface area contributed by atoms with Crippen molar-refractivity contribution in [2.24, 2.45) is 0 Å². The summed E-state index contributed by atoms with van der Waals surface area (Å²) in [5.74, 6) is 0. The van der Waals surface area contributed by atoms with Gasteiger partial charge in [0.2, 0.25) is 0 Å². The SMILES string of the molecule is CCCCCCC(NC)c1cccc(Cl)c1. The largest absolute Gasteiger partial charge is 0.313 e. The van der Waals surface area contributed by atoms with Crippen LogP contribution in [0.1, 0.15) is 50.6 Å². The number of hydrogen-bond donors (Lipinski definition) is 1. The molecule has 0 saturated heterocycles. The summed E-state index contributed by atoms with van der Waals surface area (Å²) in [6, 6.07) is 8.59. The van der Waals surface area contributed by atoms with Crippen molar-refractivity contribution in [2.75, 3.05) is 7.05 Å². The molecule has 0 aliphatic carbocycles. The highest BCUT2D eigenvalue weighted by Gasteiger charge is 2.08. The van der Waals surface area contributed by atoms with E-state index in [-0.39, 0.29) is 0 Å². The summed E-state index contributed by atoms with van der Waals surface area (Å²) in [5.41, 5.74) is 1.30. The van der Waals surface area contributed by atoms with Crippen LogP contribution in [0.3, 0.4) is 0 Å². The molecule has 0 aliphatic rings. The molecule has 2 heteroatoms. The van der Waals surface area contributed by atoms with Crippen LogP contribution in [0, 0.1) is 0 Å². The summed E-state index contributed by atoms with van der Waals surface area (Å²) in [6.07, 6.45) is 6.44. The Morgan fingerprint density at radius 3 is 2.69 bits per heavy atom. The second-order valence-corrected chi connectivity index (χ2v) is 4.68. The van der Waals surface area contributed by atoms with Gasteiger partial charge in [-0.3, -0.25) is 0 Å². The standard InChI is InChI=1S/C14H22ClN/c1-3-4-5-6-10-14(16-2)12-8-7-9-13(15)11-12/h7-9,11,14,16H,3-6,10H2,1-2H3. The molecular formula is C14H22ClN. The van der Waals surface area contributed by atoms with Crippen LogP contribution in [-0.4, -0.2) is 7.05 Å². The minimum atomic E-state index is 0.440. The molecule has 0 aliphatic heterocycles. The van der Waals surface area contributed by atoms with Crippen molar-refractivity contribution in [2.45, 2.75) is 45.1 Å². The Labute approximate surface area is 104 Å². The zero-order chi connectivity index (χ0) is 11.8. The molecule has 0 amide bonds. The Hall–Kier alpha value is -0.530. The summed E-state index contributed by atoms with van der Waals surface area (Å²) in [7, 11) is 2.02. The van der Waals surface area contributed by atoms with Crippen molar-refractivity contribution in [1.82, 2.24) is 5.32 Å². The molecule has 0 heterocycles. The molecule has 1 rings (SSSR count). The number of nitrogens with one attached hydrogen (secondary N) is 1. The molecule has 0 aromatic heterocycles. The predicted octanol–water partition coefficient (Wildman–Crippen LogP) is 4.57. The maximum atomic E-state index is 6.00. The molecule has 1 atom stereocenters. The number of benzene rings is 1. The average molecular weight is 240 g/mol. The van der Waals surface area contributed by atoms with Crippen molar-refractivity contribution >= 4 is 11.6 Å². The smallest absolute Gasteiger partial charge is 0.0409 e. The van der Waals surface area contributed by atoms with E-state index < -0.39 is 0 Å². The lowest BCUT2D eigenvalue weighted by atomic mass is 10.0. The molecule has 1 unspecified atom stereocenters. The van der Waals surface area contributed by atoms with E-state index in [2.05, 4.69) is 24.4 Å². The van der Waals surface area contributed by atoms with Crippen LogP contribution < -0.4 is 5.32 Å². The van der Waals surface area contributed by atoms with Crippen LogP contribution in [0.4, 0.5) is 0 Å². The zero-order valence-electron chi connectivity index (χ0n) is 10.3. The first-order valence-electron chi connectivity index (χ1n) is 6.20. The Morgan fingerprint density at radius 1 is 1.25 bits per heavy atom. The van der Waals surface area contributed by atoms with Gasteiger partial charge in [-0.15, -0.1) is 0 Å². The molecule has 0 bridgehead atoms. The van der Waals surface area contributed by atoms with E-state index in [4.69, 9.17) is 11.6 Å². The molecule has 0 spiro atoms. The van der Waals surface area contributed by atoms with Gasteiger partial charge in [0, 0.05) is 11.1 Å². The Kier molecular flexibility index (Phi) is 6.51. The normalized spacial score (nSPS) is 12.7. The van der Waals surface area contributed by atoms with Crippen molar-refractivity contribution < 1.29 is 0 Å². The zero-order valence-corrected chi connectivity index (χ0v) is 11.1. The highest BCUT2D eigenvalue weighted by Crippen LogP contribution is 2.22. The van der Waals surface area contributed by atoms with Crippen LogP contribution in [0.25, 0.3) is 0 Å².